The van der Waals surface area contributed by atoms with Crippen molar-refractivity contribution in [3.05, 3.63) is 28.2 Å². The monoisotopic (exact) mass is 313 g/mol. The van der Waals surface area contributed by atoms with E-state index in [1.54, 1.807) is 0 Å². The van der Waals surface area contributed by atoms with Gasteiger partial charge in [-0.1, -0.05) is 19.4 Å². The molecule has 1 N–H and O–H groups in total. The van der Waals surface area contributed by atoms with Crippen molar-refractivity contribution < 1.29 is 4.74 Å². The molecular weight excluding hydrogens is 290 g/mol. The number of rotatable bonds is 9. The second-order valence-electron chi connectivity index (χ2n) is 4.53. The van der Waals surface area contributed by atoms with Gasteiger partial charge in [0.05, 0.1) is 11.1 Å². The second kappa shape index (κ2) is 9.40. The Labute approximate surface area is 119 Å². The molecular formula is C15H24BrNO. The van der Waals surface area contributed by atoms with Gasteiger partial charge in [0.1, 0.15) is 5.75 Å². The molecule has 0 spiro atoms. The zero-order chi connectivity index (χ0) is 13.2. The highest BCUT2D eigenvalue weighted by Gasteiger charge is 2.02. The third-order valence-corrected chi connectivity index (χ3v) is 3.47. The minimum Gasteiger partial charge on any atom is -0.492 e. The number of unbranched alkanes of at least 4 members (excludes halogenated alkanes) is 2. The van der Waals surface area contributed by atoms with Gasteiger partial charge < -0.3 is 10.1 Å². The summed E-state index contributed by atoms with van der Waals surface area (Å²) >= 11 is 3.58. The highest BCUT2D eigenvalue weighted by molar-refractivity contribution is 9.10. The Morgan fingerprint density at radius 3 is 2.72 bits per heavy atom. The fourth-order valence-corrected chi connectivity index (χ4v) is 2.38. The number of hydrogen-bond donors (Lipinski definition) is 1. The van der Waals surface area contributed by atoms with Crippen molar-refractivity contribution in [2.45, 2.75) is 39.0 Å². The summed E-state index contributed by atoms with van der Waals surface area (Å²) in [6, 6.07) is 6.43. The van der Waals surface area contributed by atoms with Crippen LogP contribution < -0.4 is 10.1 Å². The summed E-state index contributed by atoms with van der Waals surface area (Å²) in [6.45, 7) is 4.02. The summed E-state index contributed by atoms with van der Waals surface area (Å²) in [5.74, 6) is 0.954. The summed E-state index contributed by atoms with van der Waals surface area (Å²) in [5.41, 5.74) is 1.38. The van der Waals surface area contributed by atoms with Crippen LogP contribution in [-0.2, 0) is 6.42 Å². The summed E-state index contributed by atoms with van der Waals surface area (Å²) in [7, 11) is 2.01. The van der Waals surface area contributed by atoms with Gasteiger partial charge in [0, 0.05) is 0 Å². The van der Waals surface area contributed by atoms with E-state index >= 15 is 0 Å². The van der Waals surface area contributed by atoms with E-state index in [1.165, 1.54) is 24.8 Å². The van der Waals surface area contributed by atoms with E-state index in [0.717, 1.165) is 36.2 Å². The molecule has 0 aliphatic carbocycles. The SMILES string of the molecule is CCCOc1ccc(CCCCCNC)cc1Br. The minimum absolute atomic E-state index is 0.780. The molecule has 0 aliphatic heterocycles. The molecule has 1 aromatic rings. The van der Waals surface area contributed by atoms with Crippen molar-refractivity contribution >= 4 is 15.9 Å². The van der Waals surface area contributed by atoms with Gasteiger partial charge in [0.25, 0.3) is 0 Å². The van der Waals surface area contributed by atoms with Crippen molar-refractivity contribution in [1.29, 1.82) is 0 Å². The average Bonchev–Trinajstić information content (AvgIpc) is 2.37. The van der Waals surface area contributed by atoms with E-state index in [4.69, 9.17) is 4.74 Å². The molecule has 102 valence electrons. The van der Waals surface area contributed by atoms with E-state index in [-0.39, 0.29) is 0 Å². The lowest BCUT2D eigenvalue weighted by Crippen LogP contribution is -2.07. The van der Waals surface area contributed by atoms with Gasteiger partial charge in [0.2, 0.25) is 0 Å². The Balaban J connectivity index is 2.36. The standard InChI is InChI=1S/C15H24BrNO/c1-3-11-18-15-9-8-13(12-14(15)16)7-5-4-6-10-17-2/h8-9,12,17H,3-7,10-11H2,1-2H3. The molecule has 0 radical (unpaired) electrons. The molecule has 0 atom stereocenters. The van der Waals surface area contributed by atoms with Crippen LogP contribution in [0.25, 0.3) is 0 Å². The number of ether oxygens (including phenoxy) is 1. The molecule has 0 saturated carbocycles. The third-order valence-electron chi connectivity index (χ3n) is 2.85. The molecule has 2 nitrogen and oxygen atoms in total. The van der Waals surface area contributed by atoms with Gasteiger partial charge in [-0.15, -0.1) is 0 Å². The Hall–Kier alpha value is -0.540. The number of nitrogens with one attached hydrogen (secondary N) is 1. The van der Waals surface area contributed by atoms with Crippen molar-refractivity contribution in [2.24, 2.45) is 0 Å². The number of hydrogen-bond acceptors (Lipinski definition) is 2. The van der Waals surface area contributed by atoms with Gasteiger partial charge in [-0.05, 0) is 72.9 Å². The van der Waals surface area contributed by atoms with Crippen LogP contribution in [0.4, 0.5) is 0 Å². The predicted octanol–water partition coefficient (Wildman–Crippen LogP) is 4.17. The van der Waals surface area contributed by atoms with Gasteiger partial charge in [0.15, 0.2) is 0 Å². The van der Waals surface area contributed by atoms with E-state index in [2.05, 4.69) is 46.4 Å². The molecule has 0 saturated heterocycles. The van der Waals surface area contributed by atoms with E-state index < -0.39 is 0 Å². The van der Waals surface area contributed by atoms with Crippen molar-refractivity contribution in [3.63, 3.8) is 0 Å². The number of halogens is 1. The highest BCUT2D eigenvalue weighted by Crippen LogP contribution is 2.26. The second-order valence-corrected chi connectivity index (χ2v) is 5.38. The summed E-state index contributed by atoms with van der Waals surface area (Å²) in [5, 5.41) is 3.18. The molecule has 0 heterocycles. The van der Waals surface area contributed by atoms with E-state index in [9.17, 15) is 0 Å². The normalized spacial score (nSPS) is 10.6. The molecule has 0 bridgehead atoms. The summed E-state index contributed by atoms with van der Waals surface area (Å²) in [4.78, 5) is 0. The lowest BCUT2D eigenvalue weighted by atomic mass is 10.1. The van der Waals surface area contributed by atoms with Gasteiger partial charge in [-0.3, -0.25) is 0 Å². The van der Waals surface area contributed by atoms with Crippen LogP contribution in [0.15, 0.2) is 22.7 Å². The number of aryl methyl sites for hydroxylation is 1. The molecule has 18 heavy (non-hydrogen) atoms. The highest BCUT2D eigenvalue weighted by atomic mass is 79.9. The lowest BCUT2D eigenvalue weighted by molar-refractivity contribution is 0.315. The van der Waals surface area contributed by atoms with Crippen LogP contribution in [0.2, 0.25) is 0 Å². The smallest absolute Gasteiger partial charge is 0.133 e. The van der Waals surface area contributed by atoms with Crippen molar-refractivity contribution in [3.8, 4) is 5.75 Å². The first-order chi connectivity index (χ1) is 8.77. The Morgan fingerprint density at radius 2 is 2.06 bits per heavy atom. The molecule has 0 aliphatic rings. The van der Waals surface area contributed by atoms with Crippen LogP contribution in [0.3, 0.4) is 0 Å². The topological polar surface area (TPSA) is 21.3 Å². The van der Waals surface area contributed by atoms with Gasteiger partial charge in [-0.25, -0.2) is 0 Å². The van der Waals surface area contributed by atoms with E-state index in [0.29, 0.717) is 0 Å². The van der Waals surface area contributed by atoms with E-state index in [1.807, 2.05) is 7.05 Å². The van der Waals surface area contributed by atoms with Crippen molar-refractivity contribution in [1.82, 2.24) is 5.32 Å². The third kappa shape index (κ3) is 5.87. The van der Waals surface area contributed by atoms with Crippen LogP contribution in [0.1, 0.15) is 38.2 Å². The molecule has 3 heteroatoms. The molecule has 1 rings (SSSR count). The quantitative estimate of drug-likeness (QED) is 0.691. The summed E-state index contributed by atoms with van der Waals surface area (Å²) < 4.78 is 6.72. The largest absolute Gasteiger partial charge is 0.492 e. The summed E-state index contributed by atoms with van der Waals surface area (Å²) in [6.07, 6.45) is 5.99. The van der Waals surface area contributed by atoms with Crippen molar-refractivity contribution in [2.75, 3.05) is 20.2 Å². The lowest BCUT2D eigenvalue weighted by Gasteiger charge is -2.09. The fourth-order valence-electron chi connectivity index (χ4n) is 1.84. The zero-order valence-electron chi connectivity index (χ0n) is 11.5. The zero-order valence-corrected chi connectivity index (χ0v) is 13.1. The van der Waals surface area contributed by atoms with Crippen LogP contribution in [-0.4, -0.2) is 20.2 Å². The maximum absolute atomic E-state index is 5.64. The molecule has 0 unspecified atom stereocenters. The maximum atomic E-state index is 5.64. The number of benzene rings is 1. The van der Waals surface area contributed by atoms with Crippen LogP contribution in [0.5, 0.6) is 5.75 Å². The molecule has 1 aromatic carbocycles. The first-order valence-electron chi connectivity index (χ1n) is 6.83. The Bertz CT molecular complexity index is 341. The molecule has 0 aromatic heterocycles. The fraction of sp³-hybridized carbons (Fsp3) is 0.600. The first-order valence-corrected chi connectivity index (χ1v) is 7.63. The Morgan fingerprint density at radius 1 is 1.22 bits per heavy atom. The molecule has 0 fully saturated rings. The first kappa shape index (κ1) is 15.5. The van der Waals surface area contributed by atoms with Crippen LogP contribution >= 0.6 is 15.9 Å². The predicted molar refractivity (Wildman–Crippen MR) is 81.4 cm³/mol. The maximum Gasteiger partial charge on any atom is 0.133 e. The average molecular weight is 314 g/mol. The van der Waals surface area contributed by atoms with Gasteiger partial charge in [-0.2, -0.15) is 0 Å². The molecule has 0 amide bonds. The Kier molecular flexibility index (Phi) is 8.10. The van der Waals surface area contributed by atoms with Gasteiger partial charge >= 0.3 is 0 Å². The van der Waals surface area contributed by atoms with Crippen LogP contribution in [0, 0.1) is 0 Å². The minimum atomic E-state index is 0.780.